The van der Waals surface area contributed by atoms with Crippen molar-refractivity contribution in [2.75, 3.05) is 32.3 Å². The zero-order chi connectivity index (χ0) is 17.6. The first kappa shape index (κ1) is 17.4. The third kappa shape index (κ3) is 2.64. The van der Waals surface area contributed by atoms with Gasteiger partial charge >= 0.3 is 0 Å². The van der Waals surface area contributed by atoms with Gasteiger partial charge in [0.1, 0.15) is 0 Å². The van der Waals surface area contributed by atoms with Crippen LogP contribution < -0.4 is 9.47 Å². The largest absolute Gasteiger partial charge is 0.493 e. The Labute approximate surface area is 158 Å². The second-order valence-corrected chi connectivity index (χ2v) is 9.88. The summed E-state index contributed by atoms with van der Waals surface area (Å²) in [6.45, 7) is 3.07. The summed E-state index contributed by atoms with van der Waals surface area (Å²) in [5.41, 5.74) is 2.30. The van der Waals surface area contributed by atoms with Crippen LogP contribution in [0.25, 0.3) is 0 Å². The van der Waals surface area contributed by atoms with Gasteiger partial charge in [0.05, 0.1) is 24.3 Å². The Morgan fingerprint density at radius 1 is 1.16 bits per heavy atom. The highest BCUT2D eigenvalue weighted by Crippen LogP contribution is 2.55. The molecule has 2 saturated heterocycles. The first-order chi connectivity index (χ1) is 12.1. The molecule has 2 fully saturated rings. The average Bonchev–Trinajstić information content (AvgIpc) is 2.92. The maximum atomic E-state index is 12.8. The first-order valence-corrected chi connectivity index (χ1v) is 11.0. The lowest BCUT2D eigenvalue weighted by atomic mass is 9.76. The maximum absolute atomic E-state index is 12.8. The van der Waals surface area contributed by atoms with Crippen LogP contribution in [0.5, 0.6) is 11.5 Å². The molecule has 0 aliphatic carbocycles. The molecule has 0 bridgehead atoms. The Morgan fingerprint density at radius 2 is 1.84 bits per heavy atom. The molecule has 3 heterocycles. The van der Waals surface area contributed by atoms with E-state index in [1.165, 1.54) is 29.1 Å². The zero-order valence-electron chi connectivity index (χ0n) is 15.0. The van der Waals surface area contributed by atoms with E-state index in [0.29, 0.717) is 22.8 Å². The number of amides is 1. The number of ether oxygens (including phenoxy) is 2. The Balaban J connectivity index is 1.81. The van der Waals surface area contributed by atoms with E-state index in [9.17, 15) is 4.79 Å². The minimum Gasteiger partial charge on any atom is -0.493 e. The van der Waals surface area contributed by atoms with Crippen molar-refractivity contribution in [3.8, 4) is 11.5 Å². The van der Waals surface area contributed by atoms with Crippen molar-refractivity contribution >= 4 is 29.4 Å². The lowest BCUT2D eigenvalue weighted by molar-refractivity contribution is -0.131. The van der Waals surface area contributed by atoms with Gasteiger partial charge in [-0.05, 0) is 54.5 Å². The predicted octanol–water partition coefficient (Wildman–Crippen LogP) is 3.52. The van der Waals surface area contributed by atoms with Gasteiger partial charge in [0.15, 0.2) is 11.5 Å². The molecule has 4 rings (SSSR count). The molecule has 1 aromatic rings. The van der Waals surface area contributed by atoms with Crippen LogP contribution >= 0.6 is 23.5 Å². The van der Waals surface area contributed by atoms with Gasteiger partial charge in [0, 0.05) is 18.9 Å². The quantitative estimate of drug-likeness (QED) is 0.803. The van der Waals surface area contributed by atoms with Gasteiger partial charge in [0.25, 0.3) is 0 Å². The van der Waals surface area contributed by atoms with Crippen molar-refractivity contribution in [3.05, 3.63) is 23.3 Å². The zero-order valence-corrected chi connectivity index (χ0v) is 16.7. The number of hydrogen-bond donors (Lipinski definition) is 0. The van der Waals surface area contributed by atoms with Crippen LogP contribution in [0.2, 0.25) is 0 Å². The van der Waals surface area contributed by atoms with E-state index in [-0.39, 0.29) is 5.54 Å². The standard InChI is InChI=1S/C19H25NO3S2/c1-19-13-10-16(23-3)15(22-2)9-12(13)5-6-20(19)17(21)11-14(19)18-24-7-4-8-25-18/h9-10,14,18H,4-8,11H2,1-3H3/t14-,19+/m1/s1. The normalized spacial score (nSPS) is 29.3. The van der Waals surface area contributed by atoms with Crippen molar-refractivity contribution in [2.24, 2.45) is 5.92 Å². The molecule has 4 nitrogen and oxygen atoms in total. The molecule has 0 spiro atoms. The second-order valence-electron chi connectivity index (χ2n) is 7.08. The van der Waals surface area contributed by atoms with E-state index in [1.54, 1.807) is 14.2 Å². The number of rotatable bonds is 3. The van der Waals surface area contributed by atoms with Crippen molar-refractivity contribution in [1.82, 2.24) is 4.90 Å². The molecule has 0 saturated carbocycles. The highest BCUT2D eigenvalue weighted by atomic mass is 32.2. The van der Waals surface area contributed by atoms with Crippen molar-refractivity contribution in [2.45, 2.75) is 36.3 Å². The number of hydrogen-bond acceptors (Lipinski definition) is 5. The van der Waals surface area contributed by atoms with Crippen LogP contribution in [0.15, 0.2) is 12.1 Å². The Kier molecular flexibility index (Phi) is 4.61. The van der Waals surface area contributed by atoms with Gasteiger partial charge < -0.3 is 14.4 Å². The van der Waals surface area contributed by atoms with Crippen LogP contribution in [0, 0.1) is 5.92 Å². The van der Waals surface area contributed by atoms with Crippen LogP contribution in [0.1, 0.15) is 30.9 Å². The molecule has 136 valence electrons. The van der Waals surface area contributed by atoms with Crippen molar-refractivity contribution < 1.29 is 14.3 Å². The number of thioether (sulfide) groups is 2. The van der Waals surface area contributed by atoms with E-state index in [4.69, 9.17) is 9.47 Å². The third-order valence-electron chi connectivity index (χ3n) is 5.92. The van der Waals surface area contributed by atoms with Gasteiger partial charge in [-0.3, -0.25) is 4.79 Å². The number of carbonyl (C=O) groups excluding carboxylic acids is 1. The van der Waals surface area contributed by atoms with Crippen LogP contribution in [0.4, 0.5) is 0 Å². The number of carbonyl (C=O) groups is 1. The Bertz CT molecular complexity index is 689. The minimum absolute atomic E-state index is 0.244. The minimum atomic E-state index is -0.244. The fourth-order valence-corrected chi connectivity index (χ4v) is 8.01. The summed E-state index contributed by atoms with van der Waals surface area (Å²) < 4.78 is 11.6. The summed E-state index contributed by atoms with van der Waals surface area (Å²) in [6, 6.07) is 4.22. The molecule has 0 radical (unpaired) electrons. The van der Waals surface area contributed by atoms with Gasteiger partial charge in [-0.25, -0.2) is 0 Å². The highest BCUT2D eigenvalue weighted by molar-refractivity contribution is 8.17. The van der Waals surface area contributed by atoms with E-state index in [1.807, 2.05) is 23.5 Å². The summed E-state index contributed by atoms with van der Waals surface area (Å²) in [5.74, 6) is 4.59. The van der Waals surface area contributed by atoms with E-state index in [0.717, 1.165) is 24.5 Å². The van der Waals surface area contributed by atoms with Gasteiger partial charge in [-0.1, -0.05) is 0 Å². The second kappa shape index (κ2) is 6.62. The van der Waals surface area contributed by atoms with Crippen LogP contribution in [-0.2, 0) is 16.8 Å². The molecule has 2 atom stereocenters. The fourth-order valence-electron chi connectivity index (χ4n) is 4.59. The molecular formula is C19H25NO3S2. The van der Waals surface area contributed by atoms with Gasteiger partial charge in [-0.2, -0.15) is 0 Å². The molecular weight excluding hydrogens is 354 g/mol. The molecule has 0 N–H and O–H groups in total. The Morgan fingerprint density at radius 3 is 2.52 bits per heavy atom. The SMILES string of the molecule is COc1cc2c(cc1OC)[C@@]1(C)[C@@H](C3SCCCS3)CC(=O)N1CC2. The molecule has 3 aliphatic heterocycles. The van der Waals surface area contributed by atoms with Crippen molar-refractivity contribution in [1.29, 1.82) is 0 Å². The topological polar surface area (TPSA) is 38.8 Å². The van der Waals surface area contributed by atoms with Gasteiger partial charge in [-0.15, -0.1) is 23.5 Å². The lowest BCUT2D eigenvalue weighted by Gasteiger charge is -2.46. The van der Waals surface area contributed by atoms with Gasteiger partial charge in [0.2, 0.25) is 5.91 Å². The number of benzene rings is 1. The predicted molar refractivity (Wildman–Crippen MR) is 104 cm³/mol. The van der Waals surface area contributed by atoms with Crippen LogP contribution in [-0.4, -0.2) is 47.7 Å². The summed E-state index contributed by atoms with van der Waals surface area (Å²) in [6.07, 6.45) is 2.82. The number of fused-ring (bicyclic) bond motifs is 3. The molecule has 1 aromatic carbocycles. The fraction of sp³-hybridized carbons (Fsp3) is 0.632. The summed E-state index contributed by atoms with van der Waals surface area (Å²) in [5, 5.41) is 0. The number of nitrogens with zero attached hydrogens (tertiary/aromatic N) is 1. The molecule has 0 unspecified atom stereocenters. The summed E-state index contributed by atoms with van der Waals surface area (Å²) >= 11 is 4.07. The monoisotopic (exact) mass is 379 g/mol. The van der Waals surface area contributed by atoms with E-state index in [2.05, 4.69) is 24.0 Å². The first-order valence-electron chi connectivity index (χ1n) is 8.88. The molecule has 25 heavy (non-hydrogen) atoms. The molecule has 0 aromatic heterocycles. The molecule has 1 amide bonds. The molecule has 3 aliphatic rings. The summed E-state index contributed by atoms with van der Waals surface area (Å²) in [4.78, 5) is 14.9. The van der Waals surface area contributed by atoms with E-state index < -0.39 is 0 Å². The number of methoxy groups -OCH3 is 2. The van der Waals surface area contributed by atoms with Crippen molar-refractivity contribution in [3.63, 3.8) is 0 Å². The smallest absolute Gasteiger partial charge is 0.223 e. The van der Waals surface area contributed by atoms with Crippen LogP contribution in [0.3, 0.4) is 0 Å². The third-order valence-corrected chi connectivity index (χ3v) is 9.10. The van der Waals surface area contributed by atoms with E-state index >= 15 is 0 Å². The highest BCUT2D eigenvalue weighted by Gasteiger charge is 2.55. The maximum Gasteiger partial charge on any atom is 0.223 e. The molecule has 6 heteroatoms. The lowest BCUT2D eigenvalue weighted by Crippen LogP contribution is -2.50. The average molecular weight is 380 g/mol. The summed E-state index contributed by atoms with van der Waals surface area (Å²) in [7, 11) is 3.36. The Hall–Kier alpha value is -1.01.